The first kappa shape index (κ1) is 56.5. The van der Waals surface area contributed by atoms with Gasteiger partial charge in [-0.25, -0.2) is 24.1 Å². The third-order valence-electron chi connectivity index (χ3n) is 13.3. The monoisotopic (exact) mass is 974 g/mol. The maximum Gasteiger partial charge on any atom is 0.351 e. The number of anilines is 1. The number of rotatable bonds is 14. The molecule has 2 aromatic rings. The van der Waals surface area contributed by atoms with E-state index in [0.717, 1.165) is 6.92 Å². The Morgan fingerprint density at radius 2 is 1.76 bits per heavy atom. The summed E-state index contributed by atoms with van der Waals surface area (Å²) in [6.07, 6.45) is -2.98. The number of nitrogens with one attached hydrogen (secondary N) is 1. The van der Waals surface area contributed by atoms with E-state index in [9.17, 15) is 29.4 Å². The minimum absolute atomic E-state index is 0.0140. The number of aliphatic hydroxyl groups is 2. The molecule has 13 atom stereocenters. The van der Waals surface area contributed by atoms with Gasteiger partial charge in [0.2, 0.25) is 11.8 Å². The summed E-state index contributed by atoms with van der Waals surface area (Å²) in [5, 5.41) is 33.8. The first-order valence-electron chi connectivity index (χ1n) is 23.9. The van der Waals surface area contributed by atoms with Gasteiger partial charge in [0.1, 0.15) is 34.3 Å². The molecule has 380 valence electrons. The summed E-state index contributed by atoms with van der Waals surface area (Å²) in [6, 6.07) is 4.14. The lowest BCUT2D eigenvalue weighted by Gasteiger charge is -2.44. The van der Waals surface area contributed by atoms with Crippen molar-refractivity contribution < 1.29 is 52.8 Å². The van der Waals surface area contributed by atoms with Gasteiger partial charge in [-0.05, 0) is 110 Å². The highest BCUT2D eigenvalue weighted by Gasteiger charge is 2.53. The number of carbonyl (C=O) groups is 4. The predicted octanol–water partition coefficient (Wildman–Crippen LogP) is 6.68. The van der Waals surface area contributed by atoms with Crippen LogP contribution in [0.2, 0.25) is 0 Å². The fourth-order valence-corrected chi connectivity index (χ4v) is 9.97. The van der Waals surface area contributed by atoms with Crippen LogP contribution in [0.15, 0.2) is 33.7 Å². The second kappa shape index (κ2) is 24.6. The standard InChI is InChI=1S/C49H76FN7O10S/c1-14-37-49(11,63)34(29(7)40(26(3)4)55-39(58)15-2)22-21-32(56-64-24-33-25-68-45(52-33)35-17-16-18-38(53-35)54-44(61)31(9)51)20-19-27(5)42(30(8)43(60)48(10,50)47(62)66-37)67-46-41(59)36(57(12)13)23-28(6)65-46/h16-18,25-31,34,36-37,41-42,46,59,63H,14-15,19-24,51H2,1-13H3,(H,53,54,61)/b55-40?,56-32-/t27?,28-,29-,30-,31?,34-,36+,37-,41-,42+,46+,48+,49+/m1/s1. The summed E-state index contributed by atoms with van der Waals surface area (Å²) in [5.41, 5.74) is 2.99. The van der Waals surface area contributed by atoms with Crippen LogP contribution in [-0.4, -0.2) is 128 Å². The summed E-state index contributed by atoms with van der Waals surface area (Å²) in [6.45, 7) is 18.3. The van der Waals surface area contributed by atoms with Crippen LogP contribution < -0.4 is 11.1 Å². The zero-order valence-corrected chi connectivity index (χ0v) is 43.0. The first-order valence-corrected chi connectivity index (χ1v) is 24.8. The number of aliphatic hydroxyl groups excluding tert-OH is 1. The van der Waals surface area contributed by atoms with Crippen molar-refractivity contribution in [1.82, 2.24) is 14.9 Å². The number of cyclic esters (lactones) is 1. The number of likely N-dealkylation sites (N-methyl/N-ethyl adjacent to an activating group) is 1. The summed E-state index contributed by atoms with van der Waals surface area (Å²) >= 11 is 1.34. The van der Waals surface area contributed by atoms with Crippen LogP contribution in [-0.2, 0) is 44.8 Å². The second-order valence-electron chi connectivity index (χ2n) is 19.5. The molecule has 4 rings (SSSR count). The summed E-state index contributed by atoms with van der Waals surface area (Å²) < 4.78 is 35.4. The van der Waals surface area contributed by atoms with E-state index in [4.69, 9.17) is 29.8 Å². The number of oxime groups is 1. The molecule has 0 spiro atoms. The van der Waals surface area contributed by atoms with Gasteiger partial charge >= 0.3 is 5.97 Å². The Labute approximate surface area is 405 Å². The van der Waals surface area contributed by atoms with E-state index in [2.05, 4.69) is 20.4 Å². The highest BCUT2D eigenvalue weighted by molar-refractivity contribution is 7.13. The van der Waals surface area contributed by atoms with Crippen LogP contribution in [0.3, 0.4) is 0 Å². The minimum atomic E-state index is -3.15. The average molecular weight is 974 g/mol. The predicted molar refractivity (Wildman–Crippen MR) is 259 cm³/mol. The summed E-state index contributed by atoms with van der Waals surface area (Å²) in [4.78, 5) is 74.9. The highest BCUT2D eigenvalue weighted by atomic mass is 32.1. The second-order valence-corrected chi connectivity index (χ2v) is 20.4. The number of aromatic nitrogens is 2. The molecule has 0 saturated carbocycles. The number of ketones is 1. The lowest BCUT2D eigenvalue weighted by molar-refractivity contribution is -0.278. The van der Waals surface area contributed by atoms with E-state index in [1.165, 1.54) is 25.2 Å². The van der Waals surface area contributed by atoms with Gasteiger partial charge in [0.05, 0.1) is 29.7 Å². The fourth-order valence-electron chi connectivity index (χ4n) is 9.20. The number of hydrogen-bond acceptors (Lipinski definition) is 16. The molecule has 2 fully saturated rings. The van der Waals surface area contributed by atoms with Gasteiger partial charge in [0.25, 0.3) is 5.67 Å². The van der Waals surface area contributed by atoms with Crippen molar-refractivity contribution in [3.63, 3.8) is 0 Å². The number of halogens is 1. The van der Waals surface area contributed by atoms with Crippen molar-refractivity contribution in [2.75, 3.05) is 19.4 Å². The van der Waals surface area contributed by atoms with Crippen molar-refractivity contribution in [3.05, 3.63) is 29.3 Å². The SMILES string of the molecule is CCC(=O)N=C(C(C)C)[C@H](C)[C@H]1CC/C(=N\OCc2csc(-c3cccc(NC(=O)C(C)N)n3)n2)CCC(C)[C@H](O[C@@H]2O[C@H](C)C[C@H](N(C)C)[C@H]2O)[C@@H](C)C(=O)[C@](C)(F)C(=O)O[C@H](CC)[C@@]1(C)O. The van der Waals surface area contributed by atoms with E-state index in [1.807, 2.05) is 59.0 Å². The van der Waals surface area contributed by atoms with Crippen molar-refractivity contribution in [2.24, 2.45) is 45.5 Å². The van der Waals surface area contributed by atoms with Crippen LogP contribution in [0.4, 0.5) is 10.2 Å². The Balaban J connectivity index is 1.77. The van der Waals surface area contributed by atoms with Crippen molar-refractivity contribution >= 4 is 52.1 Å². The van der Waals surface area contributed by atoms with Crippen LogP contribution >= 0.6 is 11.3 Å². The number of ether oxygens (including phenoxy) is 3. The van der Waals surface area contributed by atoms with E-state index >= 15 is 4.39 Å². The molecule has 2 unspecified atom stereocenters. The van der Waals surface area contributed by atoms with Gasteiger partial charge in [-0.3, -0.25) is 14.4 Å². The van der Waals surface area contributed by atoms with E-state index in [-0.39, 0.29) is 62.2 Å². The van der Waals surface area contributed by atoms with Crippen LogP contribution in [0.5, 0.6) is 0 Å². The topological polar surface area (TPSA) is 237 Å². The molecule has 0 aliphatic carbocycles. The lowest BCUT2D eigenvalue weighted by atomic mass is 9.70. The molecule has 4 heterocycles. The number of esters is 1. The number of hydrogen-bond donors (Lipinski definition) is 4. The third-order valence-corrected chi connectivity index (χ3v) is 14.3. The van der Waals surface area contributed by atoms with Crippen LogP contribution in [0, 0.1) is 29.6 Å². The molecule has 19 heteroatoms. The molecule has 5 N–H and O–H groups in total. The van der Waals surface area contributed by atoms with Crippen molar-refractivity contribution in [1.29, 1.82) is 0 Å². The molecule has 2 aliphatic rings. The van der Waals surface area contributed by atoms with Gasteiger partial charge in [0, 0.05) is 35.4 Å². The van der Waals surface area contributed by atoms with E-state index in [1.54, 1.807) is 39.0 Å². The fraction of sp³-hybridized carbons (Fsp3) is 0.714. The Morgan fingerprint density at radius 3 is 2.38 bits per heavy atom. The number of amides is 2. The van der Waals surface area contributed by atoms with Gasteiger partial charge in [-0.15, -0.1) is 11.3 Å². The number of alkyl halides is 1. The first-order chi connectivity index (χ1) is 31.8. The molecule has 0 bridgehead atoms. The largest absolute Gasteiger partial charge is 0.457 e. The van der Waals surface area contributed by atoms with E-state index < -0.39 is 77.3 Å². The normalized spacial score (nSPS) is 32.0. The molecule has 2 aliphatic heterocycles. The summed E-state index contributed by atoms with van der Waals surface area (Å²) in [7, 11) is 3.68. The van der Waals surface area contributed by atoms with Crippen molar-refractivity contribution in [2.45, 2.75) is 182 Å². The number of aliphatic imine (C=N–C) groups is 1. The highest BCUT2D eigenvalue weighted by Crippen LogP contribution is 2.39. The Morgan fingerprint density at radius 1 is 1.09 bits per heavy atom. The molecule has 2 aromatic heterocycles. The van der Waals surface area contributed by atoms with Gasteiger partial charge in [-0.1, -0.05) is 59.7 Å². The number of nitrogens with zero attached hydrogens (tertiary/aromatic N) is 5. The smallest absolute Gasteiger partial charge is 0.351 e. The average Bonchev–Trinajstić information content (AvgIpc) is 3.76. The molecule has 0 radical (unpaired) electrons. The van der Waals surface area contributed by atoms with Crippen molar-refractivity contribution in [3.8, 4) is 10.7 Å². The maximum atomic E-state index is 16.9. The van der Waals surface area contributed by atoms with Gasteiger partial charge in [0.15, 0.2) is 18.7 Å². The third kappa shape index (κ3) is 14.3. The van der Waals surface area contributed by atoms with Crippen LogP contribution in [0.25, 0.3) is 10.7 Å². The Bertz CT molecular complexity index is 2090. The van der Waals surface area contributed by atoms with Gasteiger partial charge in [-0.2, -0.15) is 0 Å². The molecule has 0 aromatic carbocycles. The van der Waals surface area contributed by atoms with Crippen LogP contribution in [0.1, 0.15) is 127 Å². The maximum absolute atomic E-state index is 16.9. The molecule has 68 heavy (non-hydrogen) atoms. The lowest BCUT2D eigenvalue weighted by Crippen LogP contribution is -2.57. The zero-order chi connectivity index (χ0) is 50.8. The molecule has 2 amide bonds. The molecule has 17 nitrogen and oxygen atoms in total. The molecular weight excluding hydrogens is 898 g/mol. The number of thiazole rings is 1. The number of Topliss-reactive ketones (excluding diaryl/α,β-unsaturated/α-hetero) is 1. The number of pyridine rings is 1. The molecular formula is C49H76FN7O10S. The summed E-state index contributed by atoms with van der Waals surface area (Å²) in [5.74, 6) is -6.08. The van der Waals surface area contributed by atoms with E-state index in [0.29, 0.717) is 52.9 Å². The zero-order valence-electron chi connectivity index (χ0n) is 42.2. The number of carbonyl (C=O) groups excluding carboxylic acids is 4. The molecule has 2 saturated heterocycles. The minimum Gasteiger partial charge on any atom is -0.457 e. The quantitative estimate of drug-likeness (QED) is 0.0669. The Kier molecular flexibility index (Phi) is 20.5. The van der Waals surface area contributed by atoms with Gasteiger partial charge < -0.3 is 45.2 Å². The Hall–Kier alpha value is -4.11. The number of nitrogens with two attached hydrogens (primary N) is 1.